The average Bonchev–Trinajstić information content (AvgIpc) is 2.97. The molecule has 1 aliphatic heterocycles. The molecule has 4 nitrogen and oxygen atoms in total. The Morgan fingerprint density at radius 1 is 1.20 bits per heavy atom. The van der Waals surface area contributed by atoms with Crippen LogP contribution in [-0.4, -0.2) is 29.0 Å². The van der Waals surface area contributed by atoms with Crippen LogP contribution < -0.4 is 5.32 Å². The van der Waals surface area contributed by atoms with Crippen molar-refractivity contribution in [2.75, 3.05) is 13.1 Å². The van der Waals surface area contributed by atoms with Crippen LogP contribution in [0.2, 0.25) is 0 Å². The number of hydrogen-bond acceptors (Lipinski definition) is 4. The van der Waals surface area contributed by atoms with Crippen molar-refractivity contribution in [3.8, 4) is 5.75 Å². The molecule has 102 valence electrons. The van der Waals surface area contributed by atoms with Crippen LogP contribution >= 0.6 is 0 Å². The molecular formula is C16H17N3O. The van der Waals surface area contributed by atoms with E-state index in [-0.39, 0.29) is 11.7 Å². The number of aryl methyl sites for hydroxylation is 1. The van der Waals surface area contributed by atoms with Crippen molar-refractivity contribution in [1.29, 1.82) is 0 Å². The van der Waals surface area contributed by atoms with Crippen LogP contribution in [0, 0.1) is 6.92 Å². The van der Waals surface area contributed by atoms with Crippen molar-refractivity contribution in [2.45, 2.75) is 12.8 Å². The van der Waals surface area contributed by atoms with Gasteiger partial charge in [0, 0.05) is 18.3 Å². The van der Waals surface area contributed by atoms with Gasteiger partial charge in [-0.2, -0.15) is 0 Å². The van der Waals surface area contributed by atoms with Crippen molar-refractivity contribution in [1.82, 2.24) is 10.3 Å². The Balaban J connectivity index is 2.15. The third-order valence-electron chi connectivity index (χ3n) is 3.54. The molecule has 0 radical (unpaired) electrons. The van der Waals surface area contributed by atoms with E-state index >= 15 is 0 Å². The first-order valence-electron chi connectivity index (χ1n) is 6.75. The summed E-state index contributed by atoms with van der Waals surface area (Å²) in [5.41, 5.74) is 2.86. The number of nitrogens with zero attached hydrogens (tertiary/aromatic N) is 2. The molecule has 1 aromatic carbocycles. The number of phenols is 1. The zero-order chi connectivity index (χ0) is 13.9. The average molecular weight is 267 g/mol. The molecule has 1 aromatic heterocycles. The number of pyridine rings is 1. The maximum atomic E-state index is 10.2. The fraction of sp³-hybridized carbons (Fsp3) is 0.250. The molecule has 1 unspecified atom stereocenters. The maximum absolute atomic E-state index is 10.2. The van der Waals surface area contributed by atoms with Gasteiger partial charge in [-0.15, -0.1) is 0 Å². The molecule has 2 aromatic rings. The van der Waals surface area contributed by atoms with E-state index in [1.807, 2.05) is 37.3 Å². The van der Waals surface area contributed by atoms with Gasteiger partial charge >= 0.3 is 0 Å². The van der Waals surface area contributed by atoms with E-state index in [1.54, 1.807) is 12.3 Å². The summed E-state index contributed by atoms with van der Waals surface area (Å²) in [6.45, 7) is 3.64. The first kappa shape index (κ1) is 12.7. The molecule has 3 rings (SSSR count). The number of aliphatic imine (C=N–C) groups is 1. The van der Waals surface area contributed by atoms with Crippen molar-refractivity contribution >= 4 is 5.84 Å². The highest BCUT2D eigenvalue weighted by atomic mass is 16.3. The zero-order valence-corrected chi connectivity index (χ0v) is 11.4. The standard InChI is InChI=1S/C16H17N3O/c1-11-5-4-8-17-15(11)14(16-18-9-10-19-16)12-6-2-3-7-13(12)20/h2-8,14,20H,9-10H2,1H3,(H,18,19). The SMILES string of the molecule is Cc1cccnc1C(C1=NCCN1)c1ccccc1O. The Bertz CT molecular complexity index is 606. The highest BCUT2D eigenvalue weighted by molar-refractivity contribution is 5.93. The minimum atomic E-state index is -0.139. The summed E-state index contributed by atoms with van der Waals surface area (Å²) >= 11 is 0. The third kappa shape index (κ3) is 2.25. The Labute approximate surface area is 118 Å². The van der Waals surface area contributed by atoms with Crippen LogP contribution in [0.4, 0.5) is 0 Å². The van der Waals surface area contributed by atoms with Gasteiger partial charge in [-0.25, -0.2) is 0 Å². The summed E-state index contributed by atoms with van der Waals surface area (Å²) in [5, 5.41) is 13.5. The molecular weight excluding hydrogens is 250 g/mol. The Kier molecular flexibility index (Phi) is 3.37. The van der Waals surface area contributed by atoms with Gasteiger partial charge < -0.3 is 10.4 Å². The molecule has 0 fully saturated rings. The lowest BCUT2D eigenvalue weighted by atomic mass is 9.90. The van der Waals surface area contributed by atoms with E-state index in [0.717, 1.165) is 35.7 Å². The van der Waals surface area contributed by atoms with E-state index < -0.39 is 0 Å². The van der Waals surface area contributed by atoms with Gasteiger partial charge in [0.1, 0.15) is 11.6 Å². The summed E-state index contributed by atoms with van der Waals surface area (Å²) in [6, 6.07) is 11.3. The van der Waals surface area contributed by atoms with E-state index in [9.17, 15) is 5.11 Å². The molecule has 2 N–H and O–H groups in total. The maximum Gasteiger partial charge on any atom is 0.119 e. The molecule has 0 aliphatic carbocycles. The summed E-state index contributed by atoms with van der Waals surface area (Å²) in [6.07, 6.45) is 1.78. The molecule has 2 heterocycles. The van der Waals surface area contributed by atoms with Crippen LogP contribution in [0.3, 0.4) is 0 Å². The zero-order valence-electron chi connectivity index (χ0n) is 11.4. The Hall–Kier alpha value is -2.36. The number of para-hydroxylation sites is 1. The molecule has 0 saturated carbocycles. The Morgan fingerprint density at radius 2 is 2.05 bits per heavy atom. The highest BCUT2D eigenvalue weighted by Crippen LogP contribution is 2.32. The van der Waals surface area contributed by atoms with Crippen LogP contribution in [0.15, 0.2) is 47.6 Å². The van der Waals surface area contributed by atoms with Gasteiger partial charge in [0.05, 0.1) is 18.2 Å². The lowest BCUT2D eigenvalue weighted by molar-refractivity contribution is 0.468. The van der Waals surface area contributed by atoms with E-state index in [4.69, 9.17) is 0 Å². The normalized spacial score (nSPS) is 15.6. The first-order valence-corrected chi connectivity index (χ1v) is 6.75. The summed E-state index contributed by atoms with van der Waals surface area (Å²) in [7, 11) is 0. The molecule has 0 spiro atoms. The summed E-state index contributed by atoms with van der Waals surface area (Å²) in [5.74, 6) is 1.02. The summed E-state index contributed by atoms with van der Waals surface area (Å²) in [4.78, 5) is 9.03. The number of aromatic nitrogens is 1. The molecule has 1 aliphatic rings. The minimum absolute atomic E-state index is 0.139. The van der Waals surface area contributed by atoms with Crippen LogP contribution in [0.25, 0.3) is 0 Å². The lowest BCUT2D eigenvalue weighted by Gasteiger charge is -2.20. The van der Waals surface area contributed by atoms with E-state index in [2.05, 4.69) is 15.3 Å². The number of aromatic hydroxyl groups is 1. The van der Waals surface area contributed by atoms with Gasteiger partial charge in [-0.1, -0.05) is 24.3 Å². The number of amidine groups is 1. The van der Waals surface area contributed by atoms with Crippen molar-refractivity contribution in [2.24, 2.45) is 4.99 Å². The second kappa shape index (κ2) is 5.33. The molecule has 0 amide bonds. The van der Waals surface area contributed by atoms with E-state index in [1.165, 1.54) is 0 Å². The van der Waals surface area contributed by atoms with Crippen molar-refractivity contribution < 1.29 is 5.11 Å². The van der Waals surface area contributed by atoms with Gasteiger partial charge in [0.15, 0.2) is 0 Å². The summed E-state index contributed by atoms with van der Waals surface area (Å²) < 4.78 is 0. The third-order valence-corrected chi connectivity index (χ3v) is 3.54. The van der Waals surface area contributed by atoms with Crippen LogP contribution in [0.5, 0.6) is 5.75 Å². The fourth-order valence-electron chi connectivity index (χ4n) is 2.57. The molecule has 1 atom stereocenters. The smallest absolute Gasteiger partial charge is 0.119 e. The van der Waals surface area contributed by atoms with Gasteiger partial charge in [0.25, 0.3) is 0 Å². The second-order valence-corrected chi connectivity index (χ2v) is 4.89. The topological polar surface area (TPSA) is 57.5 Å². The number of rotatable bonds is 3. The van der Waals surface area contributed by atoms with Crippen molar-refractivity contribution in [3.63, 3.8) is 0 Å². The largest absolute Gasteiger partial charge is 0.508 e. The fourth-order valence-corrected chi connectivity index (χ4v) is 2.57. The van der Waals surface area contributed by atoms with Gasteiger partial charge in [0.2, 0.25) is 0 Å². The van der Waals surface area contributed by atoms with Crippen molar-refractivity contribution in [3.05, 3.63) is 59.4 Å². The number of hydrogen-bond donors (Lipinski definition) is 2. The molecule has 4 heteroatoms. The monoisotopic (exact) mass is 267 g/mol. The Morgan fingerprint density at radius 3 is 2.75 bits per heavy atom. The van der Waals surface area contributed by atoms with Gasteiger partial charge in [-0.3, -0.25) is 9.98 Å². The lowest BCUT2D eigenvalue weighted by Crippen LogP contribution is -2.27. The molecule has 20 heavy (non-hydrogen) atoms. The number of benzene rings is 1. The number of nitrogens with one attached hydrogen (secondary N) is 1. The molecule has 0 saturated heterocycles. The quantitative estimate of drug-likeness (QED) is 0.896. The number of phenolic OH excluding ortho intramolecular Hbond substituents is 1. The second-order valence-electron chi connectivity index (χ2n) is 4.89. The minimum Gasteiger partial charge on any atom is -0.508 e. The predicted molar refractivity (Wildman–Crippen MR) is 79.2 cm³/mol. The van der Waals surface area contributed by atoms with Gasteiger partial charge in [-0.05, 0) is 24.6 Å². The predicted octanol–water partition coefficient (Wildman–Crippen LogP) is 2.23. The van der Waals surface area contributed by atoms with Crippen LogP contribution in [-0.2, 0) is 0 Å². The first-order chi connectivity index (χ1) is 9.77. The van der Waals surface area contributed by atoms with Crippen LogP contribution in [0.1, 0.15) is 22.7 Å². The molecule has 0 bridgehead atoms. The highest BCUT2D eigenvalue weighted by Gasteiger charge is 2.27. The van der Waals surface area contributed by atoms with E-state index in [0.29, 0.717) is 0 Å².